The largest absolute Gasteiger partial charge is 0.338 e. The first-order valence-corrected chi connectivity index (χ1v) is 11.6. The van der Waals surface area contributed by atoms with Crippen molar-refractivity contribution in [1.82, 2.24) is 5.32 Å². The van der Waals surface area contributed by atoms with Gasteiger partial charge in [0.2, 0.25) is 0 Å². The molecular weight excluding hydrogens is 392 g/mol. The Kier molecular flexibility index (Phi) is 12.9. The highest BCUT2D eigenvalue weighted by Gasteiger charge is 2.11. The number of benzene rings is 1. The predicted octanol–water partition coefficient (Wildman–Crippen LogP) is 5.74. The molecule has 2 unspecified atom stereocenters. The summed E-state index contributed by atoms with van der Waals surface area (Å²) in [7, 11) is 0. The average Bonchev–Trinajstić information content (AvgIpc) is 2.70. The number of aliphatic imine (C=N–C) groups is 1. The second kappa shape index (κ2) is 14.9. The third-order valence-corrected chi connectivity index (χ3v) is 5.41. The molecule has 0 saturated carbocycles. The first kappa shape index (κ1) is 26.0. The van der Waals surface area contributed by atoms with Crippen LogP contribution in [-0.4, -0.2) is 35.5 Å². The van der Waals surface area contributed by atoms with E-state index in [0.717, 1.165) is 48.5 Å². The van der Waals surface area contributed by atoms with Gasteiger partial charge in [-0.1, -0.05) is 54.5 Å². The second-order valence-corrected chi connectivity index (χ2v) is 9.00. The van der Waals surface area contributed by atoms with Crippen molar-refractivity contribution < 1.29 is 4.79 Å². The molecule has 2 atom stereocenters. The Balaban J connectivity index is 2.69. The lowest BCUT2D eigenvalue weighted by Gasteiger charge is -2.13. The maximum absolute atomic E-state index is 12.1. The molecule has 2 amide bonds. The lowest BCUT2D eigenvalue weighted by Crippen LogP contribution is -2.29. The Bertz CT molecular complexity index is 708. The Hall–Kier alpha value is -2.05. The van der Waals surface area contributed by atoms with Crippen LogP contribution in [0.2, 0.25) is 0 Å². The van der Waals surface area contributed by atoms with Crippen LogP contribution in [-0.2, 0) is 0 Å². The zero-order valence-corrected chi connectivity index (χ0v) is 19.7. The van der Waals surface area contributed by atoms with Crippen LogP contribution in [0.15, 0.2) is 53.6 Å². The highest BCUT2D eigenvalue weighted by Crippen LogP contribution is 2.23. The van der Waals surface area contributed by atoms with E-state index in [0.29, 0.717) is 11.8 Å². The van der Waals surface area contributed by atoms with Crippen molar-refractivity contribution in [3.63, 3.8) is 0 Å². The SMILES string of the molecule is C=CC(C)N=C(SC(C)C=C(C)C)c1ccc(NC(=O)NCCCCCCN)cc1. The van der Waals surface area contributed by atoms with Gasteiger partial charge in [-0.25, -0.2) is 4.79 Å². The van der Waals surface area contributed by atoms with Crippen LogP contribution in [0.1, 0.15) is 58.9 Å². The Morgan fingerprint density at radius 3 is 2.43 bits per heavy atom. The summed E-state index contributed by atoms with van der Waals surface area (Å²) in [6.07, 6.45) is 8.27. The number of anilines is 1. The fraction of sp³-hybridized carbons (Fsp3) is 0.500. The van der Waals surface area contributed by atoms with E-state index < -0.39 is 0 Å². The number of amides is 2. The third kappa shape index (κ3) is 11.2. The molecule has 0 radical (unpaired) electrons. The van der Waals surface area contributed by atoms with Crippen molar-refractivity contribution in [3.05, 3.63) is 54.1 Å². The molecule has 0 saturated heterocycles. The second-order valence-electron chi connectivity index (χ2n) is 7.64. The molecule has 4 N–H and O–H groups in total. The quantitative estimate of drug-likeness (QED) is 0.171. The molecule has 1 rings (SSSR count). The van der Waals surface area contributed by atoms with Crippen LogP contribution in [0.4, 0.5) is 10.5 Å². The minimum atomic E-state index is -0.178. The molecule has 0 fully saturated rings. The Labute approximate surface area is 186 Å². The molecule has 0 heterocycles. The first-order valence-electron chi connectivity index (χ1n) is 10.7. The molecule has 1 aromatic rings. The van der Waals surface area contributed by atoms with Crippen molar-refractivity contribution in [3.8, 4) is 0 Å². The number of nitrogens with two attached hydrogens (primary N) is 1. The van der Waals surface area contributed by atoms with Gasteiger partial charge in [0.05, 0.1) is 11.1 Å². The number of urea groups is 1. The molecule has 0 aromatic heterocycles. The van der Waals surface area contributed by atoms with Gasteiger partial charge in [0, 0.05) is 23.0 Å². The third-order valence-electron chi connectivity index (χ3n) is 4.33. The summed E-state index contributed by atoms with van der Waals surface area (Å²) in [6, 6.07) is 7.69. The number of carbonyl (C=O) groups excluding carboxylic acids is 1. The number of nitrogens with zero attached hydrogens (tertiary/aromatic N) is 1. The number of unbranched alkanes of at least 4 members (excludes halogenated alkanes) is 3. The van der Waals surface area contributed by atoms with Gasteiger partial charge in [-0.2, -0.15) is 0 Å². The fourth-order valence-corrected chi connectivity index (χ4v) is 3.98. The summed E-state index contributed by atoms with van der Waals surface area (Å²) >= 11 is 1.73. The highest BCUT2D eigenvalue weighted by atomic mass is 32.2. The number of hydrogen-bond donors (Lipinski definition) is 3. The molecule has 1 aromatic carbocycles. The average molecular weight is 431 g/mol. The summed E-state index contributed by atoms with van der Waals surface area (Å²) < 4.78 is 0. The molecule has 6 heteroatoms. The van der Waals surface area contributed by atoms with Crippen molar-refractivity contribution in [2.45, 2.75) is 64.7 Å². The molecule has 5 nitrogen and oxygen atoms in total. The topological polar surface area (TPSA) is 79.5 Å². The minimum Gasteiger partial charge on any atom is -0.338 e. The molecule has 0 spiro atoms. The Morgan fingerprint density at radius 2 is 1.83 bits per heavy atom. The van der Waals surface area contributed by atoms with Gasteiger partial charge >= 0.3 is 6.03 Å². The summed E-state index contributed by atoms with van der Waals surface area (Å²) in [4.78, 5) is 16.9. The zero-order valence-electron chi connectivity index (χ0n) is 18.9. The van der Waals surface area contributed by atoms with E-state index >= 15 is 0 Å². The maximum atomic E-state index is 12.1. The molecule has 0 aliphatic heterocycles. The van der Waals surface area contributed by atoms with Gasteiger partial charge in [0.1, 0.15) is 0 Å². The molecule has 30 heavy (non-hydrogen) atoms. The summed E-state index contributed by atoms with van der Waals surface area (Å²) in [5, 5.41) is 7.08. The van der Waals surface area contributed by atoms with Crippen LogP contribution >= 0.6 is 11.8 Å². The van der Waals surface area contributed by atoms with E-state index in [1.54, 1.807) is 11.8 Å². The van der Waals surface area contributed by atoms with Crippen LogP contribution in [0.5, 0.6) is 0 Å². The van der Waals surface area contributed by atoms with Crippen molar-refractivity contribution >= 4 is 28.5 Å². The first-order chi connectivity index (χ1) is 14.3. The number of allylic oxidation sites excluding steroid dienone is 1. The van der Waals surface area contributed by atoms with E-state index in [1.165, 1.54) is 5.57 Å². The summed E-state index contributed by atoms with van der Waals surface area (Å²) in [5.74, 6) is 0. The standard InChI is InChI=1S/C24H38N4OS/c1-6-19(4)27-23(30-20(5)17-18(2)3)21-11-13-22(14-12-21)28-24(29)26-16-10-8-7-9-15-25/h6,11-14,17,19-20H,1,7-10,15-16,25H2,2-5H3,(H2,26,28,29). The van der Waals surface area contributed by atoms with Gasteiger partial charge in [-0.3, -0.25) is 4.99 Å². The van der Waals surface area contributed by atoms with Crippen LogP contribution < -0.4 is 16.4 Å². The zero-order chi connectivity index (χ0) is 22.4. The van der Waals surface area contributed by atoms with E-state index in [-0.39, 0.29) is 12.1 Å². The van der Waals surface area contributed by atoms with Crippen molar-refractivity contribution in [2.75, 3.05) is 18.4 Å². The van der Waals surface area contributed by atoms with Crippen LogP contribution in [0.25, 0.3) is 0 Å². The highest BCUT2D eigenvalue weighted by molar-refractivity contribution is 8.15. The minimum absolute atomic E-state index is 0.0415. The van der Waals surface area contributed by atoms with E-state index in [9.17, 15) is 4.79 Å². The number of nitrogens with one attached hydrogen (secondary N) is 2. The van der Waals surface area contributed by atoms with Crippen LogP contribution in [0.3, 0.4) is 0 Å². The monoisotopic (exact) mass is 430 g/mol. The summed E-state index contributed by atoms with van der Waals surface area (Å²) in [6.45, 7) is 13.6. The lowest BCUT2D eigenvalue weighted by atomic mass is 10.2. The molecule has 0 aliphatic rings. The van der Waals surface area contributed by atoms with E-state index in [4.69, 9.17) is 10.7 Å². The van der Waals surface area contributed by atoms with Gasteiger partial charge in [0.15, 0.2) is 0 Å². The Morgan fingerprint density at radius 1 is 1.17 bits per heavy atom. The molecule has 0 bridgehead atoms. The lowest BCUT2D eigenvalue weighted by molar-refractivity contribution is 0.252. The fourth-order valence-electron chi connectivity index (χ4n) is 2.79. The van der Waals surface area contributed by atoms with Gasteiger partial charge in [-0.05, 0) is 59.2 Å². The normalized spacial score (nSPS) is 13.3. The maximum Gasteiger partial charge on any atom is 0.319 e. The van der Waals surface area contributed by atoms with Crippen molar-refractivity contribution in [2.24, 2.45) is 10.7 Å². The summed E-state index contributed by atoms with van der Waals surface area (Å²) in [5.41, 5.74) is 8.57. The number of rotatable bonds is 12. The van der Waals surface area contributed by atoms with Crippen molar-refractivity contribution in [1.29, 1.82) is 0 Å². The van der Waals surface area contributed by atoms with Gasteiger partial charge in [0.25, 0.3) is 0 Å². The van der Waals surface area contributed by atoms with Gasteiger partial charge < -0.3 is 16.4 Å². The number of carbonyl (C=O) groups is 1. The molecule has 0 aliphatic carbocycles. The molecule has 166 valence electrons. The predicted molar refractivity (Wildman–Crippen MR) is 134 cm³/mol. The van der Waals surface area contributed by atoms with E-state index in [1.807, 2.05) is 37.3 Å². The molecular formula is C24H38N4OS. The van der Waals surface area contributed by atoms with Crippen LogP contribution in [0, 0.1) is 0 Å². The van der Waals surface area contributed by atoms with E-state index in [2.05, 4.69) is 44.1 Å². The number of hydrogen-bond acceptors (Lipinski definition) is 4. The van der Waals surface area contributed by atoms with Gasteiger partial charge in [-0.15, -0.1) is 6.58 Å². The number of thioether (sulfide) groups is 1. The smallest absolute Gasteiger partial charge is 0.319 e.